The molecule has 2 N–H and O–H groups in total. The van der Waals surface area contributed by atoms with E-state index in [1.54, 1.807) is 0 Å². The van der Waals surface area contributed by atoms with Gasteiger partial charge in [-0.3, -0.25) is 14.4 Å². The fraction of sp³-hybridized carbons (Fsp3) is 0.211. The van der Waals surface area contributed by atoms with E-state index in [0.29, 0.717) is 24.8 Å². The molecule has 2 aromatic carbocycles. The molecule has 4 rings (SSSR count). The third kappa shape index (κ3) is 2.00. The average molecular weight is 338 g/mol. The molecule has 0 saturated heterocycles. The summed E-state index contributed by atoms with van der Waals surface area (Å²) in [5.74, 6) is -2.03. The van der Waals surface area contributed by atoms with Crippen molar-refractivity contribution in [2.45, 2.75) is 19.3 Å². The molecule has 0 atom stereocenters. The monoisotopic (exact) mass is 338 g/mol. The number of rotatable bonds is 1. The number of hydrogen-bond donors (Lipinski definition) is 2. The Morgan fingerprint density at radius 3 is 2.32 bits per heavy atom. The maximum atomic E-state index is 12.9. The van der Waals surface area contributed by atoms with E-state index in [0.717, 1.165) is 0 Å². The van der Waals surface area contributed by atoms with Gasteiger partial charge < -0.3 is 14.9 Å². The van der Waals surface area contributed by atoms with Crippen molar-refractivity contribution in [3.63, 3.8) is 0 Å². The topological polar surface area (TPSA) is 101 Å². The Hall–Kier alpha value is -3.15. The molecule has 0 aromatic heterocycles. The Bertz CT molecular complexity index is 986. The zero-order chi connectivity index (χ0) is 17.9. The minimum Gasteiger partial charge on any atom is -0.507 e. The zero-order valence-electron chi connectivity index (χ0n) is 13.4. The lowest BCUT2D eigenvalue weighted by Crippen LogP contribution is -2.24. The van der Waals surface area contributed by atoms with E-state index in [1.165, 1.54) is 25.3 Å². The molecule has 0 radical (unpaired) electrons. The van der Waals surface area contributed by atoms with Crippen molar-refractivity contribution in [1.82, 2.24) is 0 Å². The smallest absolute Gasteiger partial charge is 0.201 e. The Morgan fingerprint density at radius 1 is 0.880 bits per heavy atom. The van der Waals surface area contributed by atoms with E-state index in [9.17, 15) is 24.6 Å². The zero-order valence-corrected chi connectivity index (χ0v) is 13.4. The predicted molar refractivity (Wildman–Crippen MR) is 86.9 cm³/mol. The van der Waals surface area contributed by atoms with E-state index in [1.807, 2.05) is 0 Å². The highest BCUT2D eigenvalue weighted by atomic mass is 16.5. The summed E-state index contributed by atoms with van der Waals surface area (Å²) in [5, 5.41) is 20.7. The van der Waals surface area contributed by atoms with Crippen LogP contribution in [0.25, 0.3) is 0 Å². The molecule has 6 heteroatoms. The van der Waals surface area contributed by atoms with Crippen molar-refractivity contribution in [3.8, 4) is 17.2 Å². The van der Waals surface area contributed by atoms with E-state index in [2.05, 4.69) is 0 Å². The van der Waals surface area contributed by atoms with Crippen LogP contribution in [-0.4, -0.2) is 34.7 Å². The molecule has 0 amide bonds. The molecule has 0 fully saturated rings. The number of hydrogen-bond acceptors (Lipinski definition) is 6. The predicted octanol–water partition coefficient (Wildman–Crippen LogP) is 2.40. The first-order valence-corrected chi connectivity index (χ1v) is 7.86. The Balaban J connectivity index is 2.03. The first kappa shape index (κ1) is 15.4. The largest absolute Gasteiger partial charge is 0.507 e. The number of benzene rings is 2. The van der Waals surface area contributed by atoms with Gasteiger partial charge in [-0.1, -0.05) is 0 Å². The van der Waals surface area contributed by atoms with Crippen LogP contribution in [0.15, 0.2) is 18.2 Å². The maximum absolute atomic E-state index is 12.9. The van der Waals surface area contributed by atoms with Crippen molar-refractivity contribution in [3.05, 3.63) is 51.6 Å². The first-order chi connectivity index (χ1) is 11.9. The summed E-state index contributed by atoms with van der Waals surface area (Å²) in [6.45, 7) is 0. The first-order valence-electron chi connectivity index (χ1n) is 7.86. The molecule has 6 nitrogen and oxygen atoms in total. The van der Waals surface area contributed by atoms with Crippen LogP contribution in [0, 0.1) is 0 Å². The molecule has 0 saturated carbocycles. The van der Waals surface area contributed by atoms with Crippen LogP contribution in [-0.2, 0) is 6.42 Å². The number of ether oxygens (including phenoxy) is 1. The molecule has 0 spiro atoms. The van der Waals surface area contributed by atoms with E-state index in [-0.39, 0.29) is 39.4 Å². The molecule has 2 aromatic rings. The van der Waals surface area contributed by atoms with Gasteiger partial charge in [-0.05, 0) is 30.5 Å². The summed E-state index contributed by atoms with van der Waals surface area (Å²) in [6, 6.07) is 4.14. The van der Waals surface area contributed by atoms with Crippen LogP contribution in [0.1, 0.15) is 60.6 Å². The standard InChI is InChI=1S/C19H14O6/c1-25-9-6-11-15(13(21)7-9)19(24)16-10(17(11)22)5-8-3-2-4-12(20)14(8)18(16)23/h5-7,21,23H,2-4H2,1H3. The van der Waals surface area contributed by atoms with Crippen molar-refractivity contribution in [2.24, 2.45) is 0 Å². The molecule has 0 unspecified atom stereocenters. The number of ketones is 3. The number of phenolic OH excluding ortho intramolecular Hbond substituents is 2. The van der Waals surface area contributed by atoms with Gasteiger partial charge in [0, 0.05) is 23.6 Å². The highest BCUT2D eigenvalue weighted by Gasteiger charge is 2.38. The van der Waals surface area contributed by atoms with Crippen molar-refractivity contribution in [1.29, 1.82) is 0 Å². The second-order valence-electron chi connectivity index (χ2n) is 6.19. The summed E-state index contributed by atoms with van der Waals surface area (Å²) < 4.78 is 5.04. The summed E-state index contributed by atoms with van der Waals surface area (Å²) in [5.41, 5.74) is 0.363. The van der Waals surface area contributed by atoms with Crippen LogP contribution < -0.4 is 4.74 Å². The number of carbonyl (C=O) groups is 3. The number of methoxy groups -OCH3 is 1. The summed E-state index contributed by atoms with van der Waals surface area (Å²) in [7, 11) is 1.39. The van der Waals surface area contributed by atoms with E-state index in [4.69, 9.17) is 4.74 Å². The minimum absolute atomic E-state index is 0.0239. The van der Waals surface area contributed by atoms with Gasteiger partial charge in [0.2, 0.25) is 5.78 Å². The molecule has 0 aliphatic heterocycles. The molecule has 126 valence electrons. The number of carbonyl (C=O) groups excluding carboxylic acids is 3. The second-order valence-corrected chi connectivity index (χ2v) is 6.19. The molecule has 2 aliphatic rings. The quantitative estimate of drug-likeness (QED) is 0.706. The molecular formula is C19H14O6. The lowest BCUT2D eigenvalue weighted by Gasteiger charge is -2.24. The summed E-state index contributed by atoms with van der Waals surface area (Å²) in [4.78, 5) is 37.9. The van der Waals surface area contributed by atoms with Gasteiger partial charge in [-0.25, -0.2) is 0 Å². The van der Waals surface area contributed by atoms with Gasteiger partial charge in [0.15, 0.2) is 11.6 Å². The van der Waals surface area contributed by atoms with Gasteiger partial charge in [-0.2, -0.15) is 0 Å². The second kappa shape index (κ2) is 5.17. The normalized spacial score (nSPS) is 15.5. The number of fused-ring (bicyclic) bond motifs is 3. The average Bonchev–Trinajstić information content (AvgIpc) is 2.58. The highest BCUT2D eigenvalue weighted by molar-refractivity contribution is 6.31. The fourth-order valence-electron chi connectivity index (χ4n) is 3.61. The summed E-state index contributed by atoms with van der Waals surface area (Å²) in [6.07, 6.45) is 1.48. The van der Waals surface area contributed by atoms with Crippen LogP contribution in [0.4, 0.5) is 0 Å². The van der Waals surface area contributed by atoms with Crippen LogP contribution >= 0.6 is 0 Å². The van der Waals surface area contributed by atoms with Gasteiger partial charge in [-0.15, -0.1) is 0 Å². The lowest BCUT2D eigenvalue weighted by molar-refractivity contribution is 0.0960. The van der Waals surface area contributed by atoms with Gasteiger partial charge >= 0.3 is 0 Å². The van der Waals surface area contributed by atoms with Gasteiger partial charge in [0.1, 0.15) is 17.2 Å². The SMILES string of the molecule is COc1cc(O)c2c(c1)C(=O)c1cc3c(c(O)c1C2=O)C(=O)CCC3. The summed E-state index contributed by atoms with van der Waals surface area (Å²) >= 11 is 0. The third-order valence-corrected chi connectivity index (χ3v) is 4.78. The molecule has 2 aliphatic carbocycles. The Kier molecular flexibility index (Phi) is 3.18. The molecule has 0 bridgehead atoms. The minimum atomic E-state index is -0.677. The Morgan fingerprint density at radius 2 is 1.60 bits per heavy atom. The van der Waals surface area contributed by atoms with E-state index < -0.39 is 23.1 Å². The van der Waals surface area contributed by atoms with Crippen LogP contribution in [0.3, 0.4) is 0 Å². The molecule has 25 heavy (non-hydrogen) atoms. The van der Waals surface area contributed by atoms with Crippen LogP contribution in [0.2, 0.25) is 0 Å². The highest BCUT2D eigenvalue weighted by Crippen LogP contribution is 2.42. The number of phenols is 2. The van der Waals surface area contributed by atoms with E-state index >= 15 is 0 Å². The van der Waals surface area contributed by atoms with Gasteiger partial charge in [0.25, 0.3) is 0 Å². The lowest BCUT2D eigenvalue weighted by atomic mass is 9.78. The third-order valence-electron chi connectivity index (χ3n) is 4.78. The van der Waals surface area contributed by atoms with Crippen LogP contribution in [0.5, 0.6) is 17.2 Å². The van der Waals surface area contributed by atoms with Crippen molar-refractivity contribution in [2.75, 3.05) is 7.11 Å². The van der Waals surface area contributed by atoms with Gasteiger partial charge in [0.05, 0.1) is 23.8 Å². The van der Waals surface area contributed by atoms with Crippen molar-refractivity contribution < 1.29 is 29.3 Å². The molecular weight excluding hydrogens is 324 g/mol. The number of aromatic hydroxyl groups is 2. The van der Waals surface area contributed by atoms with Crippen molar-refractivity contribution >= 4 is 17.3 Å². The molecule has 0 heterocycles. The fourth-order valence-corrected chi connectivity index (χ4v) is 3.61. The maximum Gasteiger partial charge on any atom is 0.201 e. The number of Topliss-reactive ketones (excluding diaryl/α,β-unsaturated/α-hetero) is 1. The number of aryl methyl sites for hydroxylation is 1. The Labute approximate surface area is 142 Å².